The van der Waals surface area contributed by atoms with Crippen molar-refractivity contribution in [3.8, 4) is 5.75 Å². The molecule has 4 rings (SSSR count). The van der Waals surface area contributed by atoms with Gasteiger partial charge in [-0.2, -0.15) is 4.31 Å². The molecule has 1 aliphatic heterocycles. The van der Waals surface area contributed by atoms with E-state index in [0.717, 1.165) is 24.2 Å². The van der Waals surface area contributed by atoms with Crippen LogP contribution in [-0.4, -0.2) is 45.9 Å². The first-order chi connectivity index (χ1) is 15.2. The Morgan fingerprint density at radius 1 is 1.03 bits per heavy atom. The third-order valence-electron chi connectivity index (χ3n) is 5.38. The van der Waals surface area contributed by atoms with Gasteiger partial charge in [0.05, 0.1) is 32.8 Å². The van der Waals surface area contributed by atoms with Crippen molar-refractivity contribution in [3.63, 3.8) is 0 Å². The van der Waals surface area contributed by atoms with E-state index in [4.69, 9.17) is 4.74 Å². The number of aromatic nitrogens is 1. The lowest BCUT2D eigenvalue weighted by molar-refractivity contribution is 0.416. The predicted octanol–water partition coefficient (Wildman–Crippen LogP) is 2.68. The van der Waals surface area contributed by atoms with Crippen molar-refractivity contribution in [1.29, 1.82) is 0 Å². The first-order valence-corrected chi connectivity index (χ1v) is 13.8. The van der Waals surface area contributed by atoms with Crippen molar-refractivity contribution in [3.05, 3.63) is 46.1 Å². The molecule has 2 heterocycles. The second-order valence-corrected chi connectivity index (χ2v) is 11.9. The zero-order valence-electron chi connectivity index (χ0n) is 17.6. The third kappa shape index (κ3) is 4.03. The molecule has 1 fully saturated rings. The lowest BCUT2D eigenvalue weighted by atomic mass is 10.3. The molecule has 1 aliphatic rings. The summed E-state index contributed by atoms with van der Waals surface area (Å²) >= 11 is 0.973. The van der Waals surface area contributed by atoms with E-state index in [9.17, 15) is 21.6 Å². The van der Waals surface area contributed by atoms with E-state index in [1.807, 2.05) is 6.92 Å². The molecule has 32 heavy (non-hydrogen) atoms. The third-order valence-corrected chi connectivity index (χ3v) is 9.58. The Kier molecular flexibility index (Phi) is 6.05. The van der Waals surface area contributed by atoms with E-state index >= 15 is 0 Å². The smallest absolute Gasteiger partial charge is 0.308 e. The largest absolute Gasteiger partial charge is 0.495 e. The van der Waals surface area contributed by atoms with Crippen LogP contribution < -0.4 is 14.3 Å². The zero-order chi connectivity index (χ0) is 23.1. The molecular weight excluding hydrogens is 474 g/mol. The van der Waals surface area contributed by atoms with Crippen molar-refractivity contribution in [2.75, 3.05) is 24.9 Å². The second-order valence-electron chi connectivity index (χ2n) is 7.32. The highest BCUT2D eigenvalue weighted by Gasteiger charge is 2.28. The monoisotopic (exact) mass is 497 g/mol. The van der Waals surface area contributed by atoms with Crippen molar-refractivity contribution in [2.45, 2.75) is 36.1 Å². The fourth-order valence-electron chi connectivity index (χ4n) is 3.72. The van der Waals surface area contributed by atoms with E-state index in [0.29, 0.717) is 29.9 Å². The Bertz CT molecular complexity index is 1430. The number of methoxy groups -OCH3 is 1. The molecule has 0 bridgehead atoms. The van der Waals surface area contributed by atoms with Crippen LogP contribution in [-0.2, 0) is 26.6 Å². The molecule has 0 aliphatic carbocycles. The van der Waals surface area contributed by atoms with E-state index in [1.54, 1.807) is 10.6 Å². The van der Waals surface area contributed by atoms with Gasteiger partial charge in [-0.25, -0.2) is 16.8 Å². The standard InChI is InChI=1S/C20H23N3O6S3/c1-3-23-17-8-6-14(13-19(17)30-20(23)24)31(25,26)21-16-12-15(7-9-18(16)29-2)32(27,28)22-10-4-5-11-22/h6-9,12-13,21H,3-5,10-11H2,1-2H3. The Hall–Kier alpha value is -2.41. The minimum atomic E-state index is -4.07. The number of nitrogens with zero attached hydrogens (tertiary/aromatic N) is 2. The lowest BCUT2D eigenvalue weighted by Crippen LogP contribution is -2.28. The van der Waals surface area contributed by atoms with Gasteiger partial charge in [-0.1, -0.05) is 11.3 Å². The van der Waals surface area contributed by atoms with Gasteiger partial charge >= 0.3 is 4.87 Å². The summed E-state index contributed by atoms with van der Waals surface area (Å²) in [6.45, 7) is 3.21. The highest BCUT2D eigenvalue weighted by Crippen LogP contribution is 2.32. The average molecular weight is 498 g/mol. The average Bonchev–Trinajstić information content (AvgIpc) is 3.40. The zero-order valence-corrected chi connectivity index (χ0v) is 20.0. The first kappa shape index (κ1) is 22.8. The normalized spacial score (nSPS) is 15.3. The molecule has 1 saturated heterocycles. The molecule has 0 radical (unpaired) electrons. The number of rotatable bonds is 7. The maximum absolute atomic E-state index is 13.1. The maximum Gasteiger partial charge on any atom is 0.308 e. The van der Waals surface area contributed by atoms with Gasteiger partial charge in [0.25, 0.3) is 10.0 Å². The van der Waals surface area contributed by atoms with E-state index in [2.05, 4.69) is 4.72 Å². The summed E-state index contributed by atoms with van der Waals surface area (Å²) in [6, 6.07) is 8.55. The summed E-state index contributed by atoms with van der Waals surface area (Å²) in [5, 5.41) is 0. The molecule has 12 heteroatoms. The van der Waals surface area contributed by atoms with Gasteiger partial charge in [0, 0.05) is 19.6 Å². The van der Waals surface area contributed by atoms with Gasteiger partial charge < -0.3 is 4.74 Å². The van der Waals surface area contributed by atoms with Crippen molar-refractivity contribution < 1.29 is 21.6 Å². The van der Waals surface area contributed by atoms with Crippen LogP contribution in [0, 0.1) is 0 Å². The second kappa shape index (κ2) is 8.50. The summed E-state index contributed by atoms with van der Waals surface area (Å²) in [5.74, 6) is 0.191. The van der Waals surface area contributed by atoms with Gasteiger partial charge in [-0.05, 0) is 56.2 Å². The number of ether oxygens (including phenoxy) is 1. The molecule has 2 aromatic carbocycles. The fourth-order valence-corrected chi connectivity index (χ4v) is 7.42. The Morgan fingerprint density at radius 3 is 2.38 bits per heavy atom. The van der Waals surface area contributed by atoms with E-state index in [1.165, 1.54) is 41.7 Å². The van der Waals surface area contributed by atoms with Gasteiger partial charge in [0.1, 0.15) is 5.75 Å². The number of hydrogen-bond donors (Lipinski definition) is 1. The molecule has 0 unspecified atom stereocenters. The lowest BCUT2D eigenvalue weighted by Gasteiger charge is -2.18. The number of aryl methyl sites for hydroxylation is 1. The minimum Gasteiger partial charge on any atom is -0.495 e. The Labute approximate surface area is 190 Å². The van der Waals surface area contributed by atoms with E-state index in [-0.39, 0.29) is 26.1 Å². The van der Waals surface area contributed by atoms with Crippen LogP contribution in [0.2, 0.25) is 0 Å². The molecule has 0 amide bonds. The van der Waals surface area contributed by atoms with Crippen LogP contribution in [0.4, 0.5) is 5.69 Å². The first-order valence-electron chi connectivity index (χ1n) is 10.0. The van der Waals surface area contributed by atoms with Crippen LogP contribution in [0.5, 0.6) is 5.75 Å². The molecule has 1 aromatic heterocycles. The van der Waals surface area contributed by atoms with E-state index < -0.39 is 20.0 Å². The number of thiazole rings is 1. The molecule has 1 N–H and O–H groups in total. The van der Waals surface area contributed by atoms with Gasteiger partial charge in [0.2, 0.25) is 10.0 Å². The van der Waals surface area contributed by atoms with Crippen molar-refractivity contribution in [2.24, 2.45) is 0 Å². The quantitative estimate of drug-likeness (QED) is 0.537. The molecule has 9 nitrogen and oxygen atoms in total. The van der Waals surface area contributed by atoms with Crippen LogP contribution >= 0.6 is 11.3 Å². The predicted molar refractivity (Wildman–Crippen MR) is 124 cm³/mol. The summed E-state index contributed by atoms with van der Waals surface area (Å²) in [6.07, 6.45) is 1.59. The van der Waals surface area contributed by atoms with Gasteiger partial charge in [0.15, 0.2) is 0 Å². The molecule has 3 aromatic rings. The SMILES string of the molecule is CCn1c(=O)sc2cc(S(=O)(=O)Nc3cc(S(=O)(=O)N4CCCC4)ccc3OC)ccc21. The van der Waals surface area contributed by atoms with Crippen LogP contribution in [0.25, 0.3) is 10.2 Å². The number of anilines is 1. The highest BCUT2D eigenvalue weighted by atomic mass is 32.2. The summed E-state index contributed by atoms with van der Waals surface area (Å²) in [4.78, 5) is 11.9. The molecule has 0 saturated carbocycles. The van der Waals surface area contributed by atoms with Gasteiger partial charge in [-0.15, -0.1) is 0 Å². The van der Waals surface area contributed by atoms with Crippen LogP contribution in [0.1, 0.15) is 19.8 Å². The highest BCUT2D eigenvalue weighted by molar-refractivity contribution is 7.92. The summed E-state index contributed by atoms with van der Waals surface area (Å²) < 4.78 is 63.2. The van der Waals surface area contributed by atoms with Crippen molar-refractivity contribution in [1.82, 2.24) is 8.87 Å². The number of hydrogen-bond acceptors (Lipinski definition) is 7. The van der Waals surface area contributed by atoms with Crippen molar-refractivity contribution >= 4 is 47.3 Å². The Morgan fingerprint density at radius 2 is 1.72 bits per heavy atom. The Balaban J connectivity index is 1.72. The van der Waals surface area contributed by atoms with Crippen LogP contribution in [0.3, 0.4) is 0 Å². The fraction of sp³-hybridized carbons (Fsp3) is 0.350. The number of sulfonamides is 2. The maximum atomic E-state index is 13.1. The topological polar surface area (TPSA) is 115 Å². The summed E-state index contributed by atoms with van der Waals surface area (Å²) in [7, 11) is -6.43. The number of benzene rings is 2. The van der Waals surface area contributed by atoms with Crippen LogP contribution in [0.15, 0.2) is 51.0 Å². The number of fused-ring (bicyclic) bond motifs is 1. The molecule has 172 valence electrons. The molecule has 0 spiro atoms. The minimum absolute atomic E-state index is 0.00778. The van der Waals surface area contributed by atoms with Gasteiger partial charge in [-0.3, -0.25) is 14.1 Å². The molecule has 0 atom stereocenters. The molecular formula is C20H23N3O6S3. The summed E-state index contributed by atoms with van der Waals surface area (Å²) in [5.41, 5.74) is 0.685. The number of nitrogens with one attached hydrogen (secondary N) is 1.